The van der Waals surface area contributed by atoms with Crippen molar-refractivity contribution < 1.29 is 20.4 Å². The zero-order chi connectivity index (χ0) is 28.6. The van der Waals surface area contributed by atoms with Crippen molar-refractivity contribution >= 4 is 0 Å². The molecular weight excluding hydrogens is 484 g/mol. The van der Waals surface area contributed by atoms with Gasteiger partial charge in [0.15, 0.2) is 0 Å². The van der Waals surface area contributed by atoms with Crippen LogP contribution in [0.4, 0.5) is 0 Å². The lowest BCUT2D eigenvalue weighted by Crippen LogP contribution is -2.65. The lowest BCUT2D eigenvalue weighted by molar-refractivity contribution is -0.241. The number of hydrogen-bond donors (Lipinski definition) is 4. The molecule has 5 fully saturated rings. The highest BCUT2D eigenvalue weighted by Gasteiger charge is 2.70. The van der Waals surface area contributed by atoms with Crippen LogP contribution in [0.5, 0.6) is 0 Å². The molecule has 0 aromatic heterocycles. The Balaban J connectivity index is 1.33. The number of hydrogen-bond acceptors (Lipinski definition) is 4. The Morgan fingerprint density at radius 2 is 1.26 bits per heavy atom. The highest BCUT2D eigenvalue weighted by atomic mass is 16.4. The van der Waals surface area contributed by atoms with Crippen LogP contribution in [0.1, 0.15) is 132 Å². The summed E-state index contributed by atoms with van der Waals surface area (Å²) in [5, 5.41) is 39.5. The zero-order valence-corrected chi connectivity index (χ0v) is 26.4. The van der Waals surface area contributed by atoms with Gasteiger partial charge in [0, 0.05) is 0 Å². The summed E-state index contributed by atoms with van der Waals surface area (Å²) in [6.07, 6.45) is 13.2. The van der Waals surface area contributed by atoms with Gasteiger partial charge in [-0.15, -0.1) is 0 Å². The molecule has 4 heteroatoms. The van der Waals surface area contributed by atoms with E-state index in [-0.39, 0.29) is 0 Å². The Bertz CT molecular complexity index is 888. The Hall–Kier alpha value is -0.160. The molecule has 4 N–H and O–H groups in total. The fraction of sp³-hybridized carbons (Fsp3) is 1.00. The molecule has 0 aliphatic heterocycles. The van der Waals surface area contributed by atoms with E-state index in [1.165, 1.54) is 70.6 Å². The average molecular weight is 547 g/mol. The fourth-order valence-electron chi connectivity index (χ4n) is 13.2. The summed E-state index contributed by atoms with van der Waals surface area (Å²) in [6.45, 7) is 17.9. The first-order chi connectivity index (χ1) is 18.2. The third-order valence-corrected chi connectivity index (χ3v) is 15.4. The van der Waals surface area contributed by atoms with Crippen molar-refractivity contribution in [1.82, 2.24) is 0 Å². The maximum absolute atomic E-state index is 10.4. The minimum Gasteiger partial charge on any atom is -0.394 e. The molecular formula is C35H62O4. The molecule has 0 amide bonds. The van der Waals surface area contributed by atoms with Gasteiger partial charge in [-0.05, 0) is 140 Å². The minimum absolute atomic E-state index is 0.411. The SMILES string of the molecule is C[C@H](CC[C@@H](O)[C@@H](O)[C@@H](O)CO)[C@H]1CC[C@]2(C)[C@H]3CC[C@@H]4[C@@]5(C)CCCC(C)(C)[C@@H]5CC[C@@]4(C)[C@]3(C)CC[C@@H]12. The average Bonchev–Trinajstić information content (AvgIpc) is 3.23. The summed E-state index contributed by atoms with van der Waals surface area (Å²) in [6, 6.07) is 0. The van der Waals surface area contributed by atoms with E-state index in [1.807, 2.05) is 0 Å². The monoisotopic (exact) mass is 546 g/mol. The van der Waals surface area contributed by atoms with E-state index in [9.17, 15) is 15.3 Å². The summed E-state index contributed by atoms with van der Waals surface area (Å²) in [4.78, 5) is 0. The molecule has 5 rings (SSSR count). The van der Waals surface area contributed by atoms with Crippen molar-refractivity contribution in [3.63, 3.8) is 0 Å². The van der Waals surface area contributed by atoms with Crippen molar-refractivity contribution in [3.8, 4) is 0 Å². The van der Waals surface area contributed by atoms with Crippen LogP contribution in [0.3, 0.4) is 0 Å². The van der Waals surface area contributed by atoms with Crippen molar-refractivity contribution in [3.05, 3.63) is 0 Å². The smallest absolute Gasteiger partial charge is 0.108 e. The Morgan fingerprint density at radius 1 is 0.641 bits per heavy atom. The number of fused-ring (bicyclic) bond motifs is 7. The van der Waals surface area contributed by atoms with E-state index >= 15 is 0 Å². The first kappa shape index (κ1) is 30.3. The van der Waals surface area contributed by atoms with Crippen LogP contribution >= 0.6 is 0 Å². The summed E-state index contributed by atoms with van der Waals surface area (Å²) in [5.74, 6) is 4.50. The number of aliphatic hydroxyl groups is 4. The zero-order valence-electron chi connectivity index (χ0n) is 26.4. The molecule has 0 spiro atoms. The molecule has 0 saturated heterocycles. The lowest BCUT2D eigenvalue weighted by atomic mass is 9.32. The van der Waals surface area contributed by atoms with Crippen molar-refractivity contribution in [2.75, 3.05) is 6.61 Å². The first-order valence-electron chi connectivity index (χ1n) is 16.8. The second kappa shape index (κ2) is 10.2. The summed E-state index contributed by atoms with van der Waals surface area (Å²) in [7, 11) is 0. The summed E-state index contributed by atoms with van der Waals surface area (Å²) >= 11 is 0. The molecule has 13 atom stereocenters. The van der Waals surface area contributed by atoms with Crippen LogP contribution in [-0.2, 0) is 0 Å². The molecule has 5 saturated carbocycles. The predicted molar refractivity (Wildman–Crippen MR) is 158 cm³/mol. The molecule has 226 valence electrons. The standard InChI is InChI=1S/C35H62O4/c1-22(9-10-25(37)30(39)26(38)21-36)23-13-18-32(4)24(23)14-19-34(6)28(32)11-12-29-33(5)17-8-16-31(2,3)27(33)15-20-35(29,34)7/h22-30,36-39H,8-21H2,1-7H3/t22-,23-,24+,25-,26+,27+,28-,29-,30-,32+,33+,34-,35-/m1/s1. The van der Waals surface area contributed by atoms with Crippen LogP contribution in [0.2, 0.25) is 0 Å². The molecule has 0 radical (unpaired) electrons. The molecule has 0 heterocycles. The summed E-state index contributed by atoms with van der Waals surface area (Å²) < 4.78 is 0. The van der Waals surface area contributed by atoms with Crippen LogP contribution in [-0.4, -0.2) is 45.3 Å². The number of aliphatic hydroxyl groups excluding tert-OH is 4. The first-order valence-corrected chi connectivity index (χ1v) is 16.8. The van der Waals surface area contributed by atoms with Crippen molar-refractivity contribution in [1.29, 1.82) is 0 Å². The maximum atomic E-state index is 10.4. The van der Waals surface area contributed by atoms with Gasteiger partial charge in [-0.25, -0.2) is 0 Å². The Morgan fingerprint density at radius 3 is 1.90 bits per heavy atom. The molecule has 4 nitrogen and oxygen atoms in total. The van der Waals surface area contributed by atoms with Gasteiger partial charge in [0.25, 0.3) is 0 Å². The molecule has 5 aliphatic carbocycles. The van der Waals surface area contributed by atoms with Gasteiger partial charge >= 0.3 is 0 Å². The van der Waals surface area contributed by atoms with Crippen LogP contribution < -0.4 is 0 Å². The van der Waals surface area contributed by atoms with Crippen LogP contribution in [0.25, 0.3) is 0 Å². The van der Waals surface area contributed by atoms with E-state index in [4.69, 9.17) is 5.11 Å². The fourth-order valence-corrected chi connectivity index (χ4v) is 13.2. The van der Waals surface area contributed by atoms with Crippen LogP contribution in [0.15, 0.2) is 0 Å². The van der Waals surface area contributed by atoms with Gasteiger partial charge in [0.05, 0.1) is 12.7 Å². The number of rotatable bonds is 7. The molecule has 0 aromatic rings. The Labute approximate surface area is 239 Å². The summed E-state index contributed by atoms with van der Waals surface area (Å²) in [5.41, 5.74) is 2.27. The van der Waals surface area contributed by atoms with E-state index in [0.717, 1.165) is 30.1 Å². The van der Waals surface area contributed by atoms with Gasteiger partial charge in [-0.1, -0.05) is 54.9 Å². The maximum Gasteiger partial charge on any atom is 0.108 e. The molecule has 0 aromatic carbocycles. The van der Waals surface area contributed by atoms with E-state index in [1.54, 1.807) is 0 Å². The predicted octanol–water partition coefficient (Wildman–Crippen LogP) is 6.97. The highest BCUT2D eigenvalue weighted by molar-refractivity contribution is 5.19. The van der Waals surface area contributed by atoms with Crippen molar-refractivity contribution in [2.24, 2.45) is 62.6 Å². The quantitative estimate of drug-likeness (QED) is 0.278. The second-order valence-electron chi connectivity index (χ2n) is 17.2. The van der Waals surface area contributed by atoms with E-state index in [0.29, 0.717) is 45.3 Å². The molecule has 0 unspecified atom stereocenters. The minimum atomic E-state index is -1.27. The van der Waals surface area contributed by atoms with E-state index in [2.05, 4.69) is 48.5 Å². The largest absolute Gasteiger partial charge is 0.394 e. The van der Waals surface area contributed by atoms with Crippen LogP contribution in [0, 0.1) is 62.6 Å². The van der Waals surface area contributed by atoms with Gasteiger partial charge in [0.2, 0.25) is 0 Å². The van der Waals surface area contributed by atoms with Crippen molar-refractivity contribution in [2.45, 2.75) is 150 Å². The lowest BCUT2D eigenvalue weighted by Gasteiger charge is -2.73. The third-order valence-electron chi connectivity index (χ3n) is 15.4. The molecule has 39 heavy (non-hydrogen) atoms. The van der Waals surface area contributed by atoms with Gasteiger partial charge in [-0.3, -0.25) is 0 Å². The van der Waals surface area contributed by atoms with Gasteiger partial charge in [0.1, 0.15) is 12.2 Å². The van der Waals surface area contributed by atoms with Gasteiger partial charge in [-0.2, -0.15) is 0 Å². The topological polar surface area (TPSA) is 80.9 Å². The van der Waals surface area contributed by atoms with Gasteiger partial charge < -0.3 is 20.4 Å². The second-order valence-corrected chi connectivity index (χ2v) is 17.2. The Kier molecular flexibility index (Phi) is 7.95. The molecule has 5 aliphatic rings. The van der Waals surface area contributed by atoms with E-state index < -0.39 is 24.9 Å². The molecule has 0 bridgehead atoms. The normalized spacial score (nSPS) is 50.1. The highest BCUT2D eigenvalue weighted by Crippen LogP contribution is 2.78. The third kappa shape index (κ3) is 4.42.